The second kappa shape index (κ2) is 6.36. The van der Waals surface area contributed by atoms with Crippen LogP contribution < -0.4 is 11.1 Å². The van der Waals surface area contributed by atoms with Crippen molar-refractivity contribution in [3.63, 3.8) is 0 Å². The lowest BCUT2D eigenvalue weighted by molar-refractivity contribution is 0.0745. The number of fused-ring (bicyclic) bond motifs is 1. The number of aromatic hydroxyl groups is 1. The van der Waals surface area contributed by atoms with E-state index < -0.39 is 0 Å². The molecule has 4 N–H and O–H groups in total. The minimum Gasteiger partial charge on any atom is -0.508 e. The number of nitrogens with one attached hydrogen (secondary N) is 1. The van der Waals surface area contributed by atoms with Gasteiger partial charge in [-0.25, -0.2) is 4.98 Å². The molecule has 3 aromatic rings. The van der Waals surface area contributed by atoms with E-state index in [0.29, 0.717) is 18.8 Å². The van der Waals surface area contributed by atoms with Gasteiger partial charge < -0.3 is 21.1 Å². The van der Waals surface area contributed by atoms with Crippen LogP contribution in [0.1, 0.15) is 21.6 Å². The Bertz CT molecular complexity index is 964. The maximum absolute atomic E-state index is 12.8. The van der Waals surface area contributed by atoms with Crippen molar-refractivity contribution in [3.8, 4) is 5.75 Å². The summed E-state index contributed by atoms with van der Waals surface area (Å²) in [5.41, 5.74) is 8.96. The van der Waals surface area contributed by atoms with E-state index in [4.69, 9.17) is 5.73 Å². The normalized spacial score (nSPS) is 12.7. The number of amides is 1. The van der Waals surface area contributed by atoms with E-state index in [2.05, 4.69) is 15.3 Å². The van der Waals surface area contributed by atoms with Gasteiger partial charge in [-0.3, -0.25) is 4.79 Å². The van der Waals surface area contributed by atoms with Gasteiger partial charge in [0.15, 0.2) is 0 Å². The number of phenols is 1. The Morgan fingerprint density at radius 1 is 1.04 bits per heavy atom. The number of carbonyl (C=O) groups is 1. The lowest BCUT2D eigenvalue weighted by atomic mass is 10.1. The zero-order chi connectivity index (χ0) is 18.1. The molecule has 0 unspecified atom stereocenters. The quantitative estimate of drug-likeness (QED) is 0.673. The zero-order valence-corrected chi connectivity index (χ0v) is 13.9. The van der Waals surface area contributed by atoms with Crippen molar-refractivity contribution in [2.45, 2.75) is 13.1 Å². The third-order valence-electron chi connectivity index (χ3n) is 4.20. The molecule has 26 heavy (non-hydrogen) atoms. The van der Waals surface area contributed by atoms with E-state index >= 15 is 0 Å². The third kappa shape index (κ3) is 3.14. The number of anilines is 3. The van der Waals surface area contributed by atoms with Crippen molar-refractivity contribution in [1.82, 2.24) is 14.9 Å². The molecule has 130 valence electrons. The second-order valence-corrected chi connectivity index (χ2v) is 6.11. The highest BCUT2D eigenvalue weighted by molar-refractivity contribution is 5.93. The molecule has 0 spiro atoms. The second-order valence-electron chi connectivity index (χ2n) is 6.11. The molecule has 4 rings (SSSR count). The summed E-state index contributed by atoms with van der Waals surface area (Å²) in [6.07, 6.45) is 0. The summed E-state index contributed by atoms with van der Waals surface area (Å²) in [5.74, 6) is 0.317. The molecule has 7 heteroatoms. The van der Waals surface area contributed by atoms with Crippen LogP contribution >= 0.6 is 0 Å². The van der Waals surface area contributed by atoms with Gasteiger partial charge in [0.2, 0.25) is 5.95 Å². The number of carbonyl (C=O) groups excluding carboxylic acids is 1. The molecule has 0 radical (unpaired) electrons. The van der Waals surface area contributed by atoms with Crippen LogP contribution in [0.2, 0.25) is 0 Å². The number of phenolic OH excluding ortho intramolecular Hbond substituents is 1. The Kier molecular flexibility index (Phi) is 3.89. The van der Waals surface area contributed by atoms with Crippen LogP contribution in [0.15, 0.2) is 54.6 Å². The van der Waals surface area contributed by atoms with Gasteiger partial charge in [0.05, 0.1) is 0 Å². The first-order chi connectivity index (χ1) is 12.6. The Balaban J connectivity index is 1.57. The molecule has 0 bridgehead atoms. The fourth-order valence-corrected chi connectivity index (χ4v) is 2.98. The SMILES string of the molecule is Nc1cc(C(=O)N2Cc3ccccc3C2)nc(Nc2cccc(O)c2)n1. The van der Waals surface area contributed by atoms with Crippen molar-refractivity contribution in [2.75, 3.05) is 11.1 Å². The summed E-state index contributed by atoms with van der Waals surface area (Å²) in [7, 11) is 0. The number of benzene rings is 2. The van der Waals surface area contributed by atoms with Gasteiger partial charge in [-0.2, -0.15) is 4.98 Å². The molecule has 1 aliphatic heterocycles. The number of hydrogen-bond acceptors (Lipinski definition) is 6. The lowest BCUT2D eigenvalue weighted by Gasteiger charge is -2.15. The van der Waals surface area contributed by atoms with E-state index in [0.717, 1.165) is 11.1 Å². The number of rotatable bonds is 3. The number of nitrogen functional groups attached to an aromatic ring is 1. The van der Waals surface area contributed by atoms with Crippen LogP contribution in [0.5, 0.6) is 5.75 Å². The average molecular weight is 347 g/mol. The van der Waals surface area contributed by atoms with Gasteiger partial charge in [0.25, 0.3) is 5.91 Å². The molecule has 0 fully saturated rings. The fourth-order valence-electron chi connectivity index (χ4n) is 2.98. The molecule has 0 saturated carbocycles. The van der Waals surface area contributed by atoms with Crippen LogP contribution in [-0.2, 0) is 13.1 Å². The number of aromatic nitrogens is 2. The smallest absolute Gasteiger partial charge is 0.273 e. The largest absolute Gasteiger partial charge is 0.508 e. The van der Waals surface area contributed by atoms with Gasteiger partial charge in [-0.1, -0.05) is 30.3 Å². The predicted molar refractivity (Wildman–Crippen MR) is 97.9 cm³/mol. The molecule has 1 amide bonds. The van der Waals surface area contributed by atoms with Crippen LogP contribution in [-0.4, -0.2) is 25.9 Å². The highest BCUT2D eigenvalue weighted by Crippen LogP contribution is 2.25. The molecule has 7 nitrogen and oxygen atoms in total. The summed E-state index contributed by atoms with van der Waals surface area (Å²) in [6, 6.07) is 16.0. The molecule has 0 saturated heterocycles. The molecule has 1 aliphatic rings. The predicted octanol–water partition coefficient (Wildman–Crippen LogP) is 2.66. The Morgan fingerprint density at radius 3 is 2.46 bits per heavy atom. The number of hydrogen-bond donors (Lipinski definition) is 3. The van der Waals surface area contributed by atoms with Crippen molar-refractivity contribution in [3.05, 3.63) is 71.4 Å². The zero-order valence-electron chi connectivity index (χ0n) is 13.9. The van der Waals surface area contributed by atoms with Crippen molar-refractivity contribution in [2.24, 2.45) is 0 Å². The molecule has 0 atom stereocenters. The molecular weight excluding hydrogens is 330 g/mol. The van der Waals surface area contributed by atoms with Crippen LogP contribution in [0, 0.1) is 0 Å². The van der Waals surface area contributed by atoms with E-state index in [1.54, 1.807) is 23.1 Å². The topological polar surface area (TPSA) is 104 Å². The maximum atomic E-state index is 12.8. The first kappa shape index (κ1) is 15.9. The maximum Gasteiger partial charge on any atom is 0.273 e. The van der Waals surface area contributed by atoms with E-state index in [-0.39, 0.29) is 29.1 Å². The number of nitrogens with two attached hydrogens (primary N) is 1. The fraction of sp³-hybridized carbons (Fsp3) is 0.105. The summed E-state index contributed by atoms with van der Waals surface area (Å²) in [4.78, 5) is 23.0. The highest BCUT2D eigenvalue weighted by atomic mass is 16.3. The van der Waals surface area contributed by atoms with Crippen molar-refractivity contribution in [1.29, 1.82) is 0 Å². The first-order valence-electron chi connectivity index (χ1n) is 8.15. The van der Waals surface area contributed by atoms with Gasteiger partial charge in [0.1, 0.15) is 17.3 Å². The molecule has 1 aromatic heterocycles. The molecule has 0 aliphatic carbocycles. The lowest BCUT2D eigenvalue weighted by Crippen LogP contribution is -2.26. The number of nitrogens with zero attached hydrogens (tertiary/aromatic N) is 3. The van der Waals surface area contributed by atoms with Crippen LogP contribution in [0.25, 0.3) is 0 Å². The van der Waals surface area contributed by atoms with Crippen molar-refractivity contribution >= 4 is 23.4 Å². The molecule has 2 aromatic carbocycles. The van der Waals surface area contributed by atoms with Crippen molar-refractivity contribution < 1.29 is 9.90 Å². The third-order valence-corrected chi connectivity index (χ3v) is 4.20. The summed E-state index contributed by atoms with van der Waals surface area (Å²) >= 11 is 0. The minimum atomic E-state index is -0.200. The first-order valence-corrected chi connectivity index (χ1v) is 8.15. The minimum absolute atomic E-state index is 0.116. The molecule has 2 heterocycles. The monoisotopic (exact) mass is 347 g/mol. The van der Waals surface area contributed by atoms with Crippen LogP contribution in [0.4, 0.5) is 17.5 Å². The van der Waals surface area contributed by atoms with Gasteiger partial charge in [0, 0.05) is 30.9 Å². The summed E-state index contributed by atoms with van der Waals surface area (Å²) in [6.45, 7) is 1.10. The summed E-state index contributed by atoms with van der Waals surface area (Å²) in [5, 5.41) is 12.5. The Morgan fingerprint density at radius 2 is 1.77 bits per heavy atom. The van der Waals surface area contributed by atoms with E-state index in [1.807, 2.05) is 24.3 Å². The highest BCUT2D eigenvalue weighted by Gasteiger charge is 2.25. The van der Waals surface area contributed by atoms with E-state index in [9.17, 15) is 9.90 Å². The Hall–Kier alpha value is -3.61. The standard InChI is InChI=1S/C19H17N5O2/c20-17-9-16(18(26)24-10-12-4-1-2-5-13(12)11-24)22-19(23-17)21-14-6-3-7-15(25)8-14/h1-9,25H,10-11H2,(H3,20,21,22,23). The van der Waals surface area contributed by atoms with Gasteiger partial charge >= 0.3 is 0 Å². The Labute approximate surface area is 150 Å². The van der Waals surface area contributed by atoms with Gasteiger partial charge in [-0.15, -0.1) is 0 Å². The van der Waals surface area contributed by atoms with Crippen LogP contribution in [0.3, 0.4) is 0 Å². The summed E-state index contributed by atoms with van der Waals surface area (Å²) < 4.78 is 0. The van der Waals surface area contributed by atoms with Gasteiger partial charge in [-0.05, 0) is 23.3 Å². The average Bonchev–Trinajstić information content (AvgIpc) is 3.04. The van der Waals surface area contributed by atoms with E-state index in [1.165, 1.54) is 12.1 Å². The molecular formula is C19H17N5O2.